The van der Waals surface area contributed by atoms with Gasteiger partial charge in [-0.15, -0.1) is 0 Å². The minimum Gasteiger partial charge on any atom is -0.426 e. The van der Waals surface area contributed by atoms with E-state index in [2.05, 4.69) is 4.98 Å². The molecule has 1 unspecified atom stereocenters. The molecule has 1 aliphatic rings. The Morgan fingerprint density at radius 3 is 2.41 bits per heavy atom. The summed E-state index contributed by atoms with van der Waals surface area (Å²) in [5.41, 5.74) is 0.0607. The van der Waals surface area contributed by atoms with Crippen molar-refractivity contribution < 1.29 is 22.7 Å². The number of carbonyl (C=O) groups excluding carboxylic acids is 1. The topological polar surface area (TPSA) is 59.2 Å². The van der Waals surface area contributed by atoms with Crippen molar-refractivity contribution in [3.63, 3.8) is 0 Å². The zero-order valence-electron chi connectivity index (χ0n) is 11.4. The third kappa shape index (κ3) is 2.28. The molecule has 0 saturated carbocycles. The quantitative estimate of drug-likeness (QED) is 0.650. The smallest absolute Gasteiger partial charge is 0.312 e. The first kappa shape index (κ1) is 14.4. The average Bonchev–Trinajstić information content (AvgIpc) is 2.42. The summed E-state index contributed by atoms with van der Waals surface area (Å²) in [4.78, 5) is 26.3. The highest BCUT2D eigenvalue weighted by atomic mass is 19.2. The molecule has 0 radical (unpaired) electrons. The van der Waals surface area contributed by atoms with E-state index in [9.17, 15) is 22.8 Å². The molecule has 0 amide bonds. The molecule has 1 atom stereocenters. The molecule has 1 aliphatic heterocycles. The minimum absolute atomic E-state index is 0.00338. The van der Waals surface area contributed by atoms with E-state index in [-0.39, 0.29) is 23.3 Å². The average molecular weight is 309 g/mol. The number of rotatable bonds is 1. The fraction of sp³-hybridized carbons (Fsp3) is 0.200. The first-order chi connectivity index (χ1) is 10.4. The molecular formula is C15H10F3NO3. The third-order valence-electron chi connectivity index (χ3n) is 3.52. The number of fused-ring (bicyclic) bond motifs is 1. The molecule has 4 nitrogen and oxygen atoms in total. The van der Waals surface area contributed by atoms with Crippen LogP contribution in [0.25, 0.3) is 0 Å². The van der Waals surface area contributed by atoms with Gasteiger partial charge in [0.1, 0.15) is 5.75 Å². The predicted molar refractivity (Wildman–Crippen MR) is 70.2 cm³/mol. The van der Waals surface area contributed by atoms with Gasteiger partial charge in [-0.05, 0) is 24.6 Å². The number of aryl methyl sites for hydroxylation is 1. The lowest BCUT2D eigenvalue weighted by molar-refractivity contribution is -0.135. The van der Waals surface area contributed by atoms with Gasteiger partial charge in [0.05, 0.1) is 12.0 Å². The highest BCUT2D eigenvalue weighted by molar-refractivity contribution is 5.77. The van der Waals surface area contributed by atoms with Crippen LogP contribution in [-0.2, 0) is 4.79 Å². The van der Waals surface area contributed by atoms with Crippen molar-refractivity contribution in [2.75, 3.05) is 0 Å². The van der Waals surface area contributed by atoms with Gasteiger partial charge >= 0.3 is 5.97 Å². The second-order valence-electron chi connectivity index (χ2n) is 5.09. The maximum atomic E-state index is 13.4. The number of H-pyrrole nitrogens is 1. The first-order valence-electron chi connectivity index (χ1n) is 6.45. The molecule has 1 aromatic carbocycles. The molecule has 2 heterocycles. The molecule has 2 aromatic rings. The SMILES string of the molecule is Cc1cc2c(c(=O)[nH]1)C(c1cc(F)c(F)c(F)c1)CC(=O)O2. The molecule has 0 fully saturated rings. The normalized spacial score (nSPS) is 17.1. The van der Waals surface area contributed by atoms with Gasteiger partial charge in [-0.3, -0.25) is 9.59 Å². The highest BCUT2D eigenvalue weighted by Crippen LogP contribution is 2.37. The van der Waals surface area contributed by atoms with Gasteiger partial charge < -0.3 is 9.72 Å². The van der Waals surface area contributed by atoms with Crippen LogP contribution in [0.5, 0.6) is 5.75 Å². The monoisotopic (exact) mass is 309 g/mol. The lowest BCUT2D eigenvalue weighted by Gasteiger charge is -2.24. The standard InChI is InChI=1S/C15H10F3NO3/c1-6-2-11-13(15(21)19-6)8(5-12(20)22-11)7-3-9(16)14(18)10(17)4-7/h2-4,8H,5H2,1H3,(H,19,21). The number of esters is 1. The Morgan fingerprint density at radius 2 is 1.77 bits per heavy atom. The van der Waals surface area contributed by atoms with Crippen molar-refractivity contribution in [1.29, 1.82) is 0 Å². The summed E-state index contributed by atoms with van der Waals surface area (Å²) in [5.74, 6) is -5.83. The van der Waals surface area contributed by atoms with Gasteiger partial charge in [0.25, 0.3) is 5.56 Å². The molecule has 114 valence electrons. The van der Waals surface area contributed by atoms with Crippen LogP contribution in [0.4, 0.5) is 13.2 Å². The number of aromatic nitrogens is 1. The summed E-state index contributed by atoms with van der Waals surface area (Å²) in [6.07, 6.45) is -0.260. The number of pyridine rings is 1. The van der Waals surface area contributed by atoms with Crippen LogP contribution < -0.4 is 10.3 Å². The molecule has 3 rings (SSSR count). The Balaban J connectivity index is 2.22. The van der Waals surface area contributed by atoms with Gasteiger partial charge in [-0.2, -0.15) is 0 Å². The Hall–Kier alpha value is -2.57. The Bertz CT molecular complexity index is 821. The number of hydrogen-bond donors (Lipinski definition) is 1. The number of ether oxygens (including phenoxy) is 1. The Morgan fingerprint density at radius 1 is 1.14 bits per heavy atom. The number of nitrogens with one attached hydrogen (secondary N) is 1. The molecule has 7 heteroatoms. The van der Waals surface area contributed by atoms with Gasteiger partial charge in [-0.1, -0.05) is 0 Å². The van der Waals surface area contributed by atoms with E-state index in [4.69, 9.17) is 4.74 Å². The lowest BCUT2D eigenvalue weighted by atomic mass is 9.87. The van der Waals surface area contributed by atoms with Crippen LogP contribution in [-0.4, -0.2) is 11.0 Å². The zero-order valence-corrected chi connectivity index (χ0v) is 11.4. The van der Waals surface area contributed by atoms with Crippen molar-refractivity contribution in [3.05, 3.63) is 62.8 Å². The number of aromatic amines is 1. The van der Waals surface area contributed by atoms with Gasteiger partial charge in [-0.25, -0.2) is 13.2 Å². The van der Waals surface area contributed by atoms with E-state index >= 15 is 0 Å². The minimum atomic E-state index is -1.60. The number of halogens is 3. The Labute approximate surface area is 122 Å². The van der Waals surface area contributed by atoms with Gasteiger partial charge in [0.15, 0.2) is 17.5 Å². The number of carbonyl (C=O) groups is 1. The van der Waals surface area contributed by atoms with Crippen LogP contribution in [0, 0.1) is 24.4 Å². The maximum absolute atomic E-state index is 13.4. The summed E-state index contributed by atoms with van der Waals surface area (Å²) in [5, 5.41) is 0. The molecule has 0 bridgehead atoms. The summed E-state index contributed by atoms with van der Waals surface area (Å²) in [7, 11) is 0. The number of hydrogen-bond acceptors (Lipinski definition) is 3. The second-order valence-corrected chi connectivity index (χ2v) is 5.09. The van der Waals surface area contributed by atoms with E-state index in [1.54, 1.807) is 6.92 Å². The summed E-state index contributed by atoms with van der Waals surface area (Å²) in [6, 6.07) is 3.02. The van der Waals surface area contributed by atoms with Crippen molar-refractivity contribution >= 4 is 5.97 Å². The van der Waals surface area contributed by atoms with Crippen LogP contribution in [0.1, 0.15) is 29.2 Å². The maximum Gasteiger partial charge on any atom is 0.312 e. The molecule has 1 aromatic heterocycles. The molecule has 1 N–H and O–H groups in total. The molecule has 0 spiro atoms. The van der Waals surface area contributed by atoms with E-state index in [0.717, 1.165) is 12.1 Å². The molecule has 0 aliphatic carbocycles. The van der Waals surface area contributed by atoms with Gasteiger partial charge in [0, 0.05) is 17.7 Å². The van der Waals surface area contributed by atoms with E-state index in [1.165, 1.54) is 6.07 Å². The van der Waals surface area contributed by atoms with E-state index < -0.39 is 34.9 Å². The van der Waals surface area contributed by atoms with Crippen LogP contribution in [0.3, 0.4) is 0 Å². The molecule has 22 heavy (non-hydrogen) atoms. The largest absolute Gasteiger partial charge is 0.426 e. The van der Waals surface area contributed by atoms with Gasteiger partial charge in [0.2, 0.25) is 0 Å². The zero-order chi connectivity index (χ0) is 16.0. The van der Waals surface area contributed by atoms with Crippen LogP contribution in [0.15, 0.2) is 23.0 Å². The van der Waals surface area contributed by atoms with Crippen LogP contribution in [0.2, 0.25) is 0 Å². The van der Waals surface area contributed by atoms with Crippen LogP contribution >= 0.6 is 0 Å². The van der Waals surface area contributed by atoms with Crippen molar-refractivity contribution in [2.45, 2.75) is 19.3 Å². The first-order valence-corrected chi connectivity index (χ1v) is 6.45. The fourth-order valence-electron chi connectivity index (χ4n) is 2.58. The number of benzene rings is 1. The van der Waals surface area contributed by atoms with E-state index in [0.29, 0.717) is 5.69 Å². The summed E-state index contributed by atoms with van der Waals surface area (Å²) >= 11 is 0. The Kier molecular flexibility index (Phi) is 3.27. The summed E-state index contributed by atoms with van der Waals surface area (Å²) in [6.45, 7) is 1.61. The van der Waals surface area contributed by atoms with Crippen molar-refractivity contribution in [3.8, 4) is 5.75 Å². The lowest BCUT2D eigenvalue weighted by Crippen LogP contribution is -2.28. The molecular weight excluding hydrogens is 299 g/mol. The van der Waals surface area contributed by atoms with Crippen molar-refractivity contribution in [2.24, 2.45) is 0 Å². The van der Waals surface area contributed by atoms with Crippen molar-refractivity contribution in [1.82, 2.24) is 4.98 Å². The summed E-state index contributed by atoms with van der Waals surface area (Å²) < 4.78 is 44.9. The highest BCUT2D eigenvalue weighted by Gasteiger charge is 2.32. The predicted octanol–water partition coefficient (Wildman–Crippen LogP) is 2.54. The fourth-order valence-corrected chi connectivity index (χ4v) is 2.58. The second kappa shape index (κ2) is 5.01. The van der Waals surface area contributed by atoms with E-state index in [1.807, 2.05) is 0 Å². The third-order valence-corrected chi connectivity index (χ3v) is 3.52. The molecule has 0 saturated heterocycles.